The maximum absolute atomic E-state index is 13.0. The molecule has 0 atom stereocenters. The molecule has 0 aliphatic rings. The first-order valence-electron chi connectivity index (χ1n) is 9.20. The Morgan fingerprint density at radius 3 is 2.53 bits per heavy atom. The van der Waals surface area contributed by atoms with Crippen LogP contribution in [-0.4, -0.2) is 22.2 Å². The molecule has 0 radical (unpaired) electrons. The lowest BCUT2D eigenvalue weighted by Crippen LogP contribution is -2.34. The van der Waals surface area contributed by atoms with Gasteiger partial charge in [0.15, 0.2) is 0 Å². The van der Waals surface area contributed by atoms with E-state index in [1.54, 1.807) is 20.8 Å². The van der Waals surface area contributed by atoms with Gasteiger partial charge in [0.2, 0.25) is 0 Å². The number of hydrogen-bond donors (Lipinski definition) is 1. The Kier molecular flexibility index (Phi) is 5.82. The van der Waals surface area contributed by atoms with Gasteiger partial charge in [-0.1, -0.05) is 11.2 Å². The number of nitrogens with one attached hydrogen (secondary N) is 1. The average Bonchev–Trinajstić information content (AvgIpc) is 2.99. The predicted octanol–water partition coefficient (Wildman–Crippen LogP) is 3.74. The summed E-state index contributed by atoms with van der Waals surface area (Å²) >= 11 is 0. The van der Waals surface area contributed by atoms with Gasteiger partial charge in [-0.05, 0) is 57.5 Å². The molecule has 1 amide bonds. The van der Waals surface area contributed by atoms with Crippen molar-refractivity contribution >= 4 is 5.91 Å². The van der Waals surface area contributed by atoms with E-state index in [1.165, 1.54) is 24.3 Å². The molecule has 9 heteroatoms. The summed E-state index contributed by atoms with van der Waals surface area (Å²) in [5, 5.41) is 6.51. The minimum atomic E-state index is -4.54. The van der Waals surface area contributed by atoms with Crippen molar-refractivity contribution in [3.8, 4) is 5.69 Å². The predicted molar refractivity (Wildman–Crippen MR) is 104 cm³/mol. The van der Waals surface area contributed by atoms with Crippen LogP contribution in [0.2, 0.25) is 0 Å². The first-order valence-corrected chi connectivity index (χ1v) is 9.20. The molecule has 0 fully saturated rings. The van der Waals surface area contributed by atoms with Crippen molar-refractivity contribution in [1.82, 2.24) is 15.0 Å². The second-order valence-electron chi connectivity index (χ2n) is 6.89. The summed E-state index contributed by atoms with van der Waals surface area (Å²) < 4.78 is 45.3. The number of carbonyl (C=O) groups is 1. The molecule has 30 heavy (non-hydrogen) atoms. The fourth-order valence-corrected chi connectivity index (χ4v) is 3.20. The molecule has 1 aromatic carbocycles. The third-order valence-corrected chi connectivity index (χ3v) is 4.80. The number of hydrogen-bond acceptors (Lipinski definition) is 4. The SMILES string of the molecule is Cc1noc(C)c1CCNC(=O)c1ccc(C)n(-c2cccc(C(F)(F)F)c2)c1=O. The zero-order valence-corrected chi connectivity index (χ0v) is 16.6. The number of rotatable bonds is 5. The summed E-state index contributed by atoms with van der Waals surface area (Å²) in [6.07, 6.45) is -4.07. The van der Waals surface area contributed by atoms with Gasteiger partial charge in [0.1, 0.15) is 11.3 Å². The van der Waals surface area contributed by atoms with Crippen LogP contribution in [0.15, 0.2) is 45.7 Å². The minimum absolute atomic E-state index is 0.0395. The number of benzene rings is 1. The summed E-state index contributed by atoms with van der Waals surface area (Å²) in [6, 6.07) is 7.31. The van der Waals surface area contributed by atoms with Gasteiger partial charge in [0.05, 0.1) is 11.3 Å². The van der Waals surface area contributed by atoms with Crippen LogP contribution in [0.3, 0.4) is 0 Å². The van der Waals surface area contributed by atoms with E-state index in [-0.39, 0.29) is 17.8 Å². The van der Waals surface area contributed by atoms with Crippen LogP contribution in [0.1, 0.15) is 38.6 Å². The van der Waals surface area contributed by atoms with Crippen LogP contribution >= 0.6 is 0 Å². The maximum Gasteiger partial charge on any atom is 0.416 e. The smallest absolute Gasteiger partial charge is 0.361 e. The van der Waals surface area contributed by atoms with E-state index in [0.29, 0.717) is 17.9 Å². The van der Waals surface area contributed by atoms with Gasteiger partial charge in [0, 0.05) is 23.5 Å². The number of alkyl halides is 3. The lowest BCUT2D eigenvalue weighted by Gasteiger charge is -2.14. The molecule has 0 aliphatic heterocycles. The van der Waals surface area contributed by atoms with Gasteiger partial charge in [-0.2, -0.15) is 13.2 Å². The van der Waals surface area contributed by atoms with Crippen LogP contribution < -0.4 is 10.9 Å². The van der Waals surface area contributed by atoms with Crippen molar-refractivity contribution in [2.45, 2.75) is 33.4 Å². The Hall–Kier alpha value is -3.36. The van der Waals surface area contributed by atoms with E-state index < -0.39 is 23.2 Å². The number of amides is 1. The topological polar surface area (TPSA) is 77.1 Å². The van der Waals surface area contributed by atoms with Crippen LogP contribution in [0.5, 0.6) is 0 Å². The molecule has 1 N–H and O–H groups in total. The Morgan fingerprint density at radius 2 is 1.90 bits per heavy atom. The molecule has 0 spiro atoms. The highest BCUT2D eigenvalue weighted by molar-refractivity contribution is 5.93. The van der Waals surface area contributed by atoms with E-state index in [0.717, 1.165) is 28.0 Å². The van der Waals surface area contributed by atoms with Gasteiger partial charge >= 0.3 is 6.18 Å². The average molecular weight is 419 g/mol. The third-order valence-electron chi connectivity index (χ3n) is 4.80. The molecule has 2 heterocycles. The zero-order valence-electron chi connectivity index (χ0n) is 16.6. The first-order chi connectivity index (χ1) is 14.1. The van der Waals surface area contributed by atoms with E-state index in [9.17, 15) is 22.8 Å². The van der Waals surface area contributed by atoms with Crippen LogP contribution in [0.4, 0.5) is 13.2 Å². The van der Waals surface area contributed by atoms with Crippen molar-refractivity contribution in [3.05, 3.63) is 80.6 Å². The lowest BCUT2D eigenvalue weighted by molar-refractivity contribution is -0.137. The molecule has 6 nitrogen and oxygen atoms in total. The second kappa shape index (κ2) is 8.17. The fourth-order valence-electron chi connectivity index (χ4n) is 3.20. The summed E-state index contributed by atoms with van der Waals surface area (Å²) in [5.74, 6) is 0.0523. The van der Waals surface area contributed by atoms with Crippen molar-refractivity contribution in [2.24, 2.45) is 0 Å². The van der Waals surface area contributed by atoms with Gasteiger partial charge in [-0.25, -0.2) is 0 Å². The van der Waals surface area contributed by atoms with E-state index >= 15 is 0 Å². The normalized spacial score (nSPS) is 11.5. The van der Waals surface area contributed by atoms with Gasteiger partial charge in [-0.3, -0.25) is 14.2 Å². The Labute approximate surface area is 170 Å². The van der Waals surface area contributed by atoms with E-state index in [2.05, 4.69) is 10.5 Å². The van der Waals surface area contributed by atoms with E-state index in [4.69, 9.17) is 4.52 Å². The molecule has 0 saturated carbocycles. The molecule has 0 unspecified atom stereocenters. The number of carbonyl (C=O) groups excluding carboxylic acids is 1. The minimum Gasteiger partial charge on any atom is -0.361 e. The highest BCUT2D eigenvalue weighted by Crippen LogP contribution is 2.30. The third kappa shape index (κ3) is 4.29. The monoisotopic (exact) mass is 419 g/mol. The number of aryl methyl sites for hydroxylation is 3. The molecule has 2 aromatic heterocycles. The van der Waals surface area contributed by atoms with Crippen molar-refractivity contribution in [1.29, 1.82) is 0 Å². The van der Waals surface area contributed by atoms with Gasteiger partial charge < -0.3 is 9.84 Å². The highest BCUT2D eigenvalue weighted by Gasteiger charge is 2.30. The zero-order chi connectivity index (χ0) is 22.1. The molecule has 0 bridgehead atoms. The van der Waals surface area contributed by atoms with Gasteiger partial charge in [0.25, 0.3) is 11.5 Å². The summed E-state index contributed by atoms with van der Waals surface area (Å²) in [4.78, 5) is 25.4. The fraction of sp³-hybridized carbons (Fsp3) is 0.286. The Morgan fingerprint density at radius 1 is 1.17 bits per heavy atom. The Bertz CT molecular complexity index is 1130. The summed E-state index contributed by atoms with van der Waals surface area (Å²) in [6.45, 7) is 5.39. The first kappa shape index (κ1) is 21.4. The number of nitrogens with zero attached hydrogens (tertiary/aromatic N) is 2. The van der Waals surface area contributed by atoms with Crippen molar-refractivity contribution < 1.29 is 22.5 Å². The number of pyridine rings is 1. The molecule has 0 aliphatic carbocycles. The number of halogens is 3. The lowest BCUT2D eigenvalue weighted by atomic mass is 10.1. The molecule has 0 saturated heterocycles. The highest BCUT2D eigenvalue weighted by atomic mass is 19.4. The Balaban J connectivity index is 1.86. The number of aromatic nitrogens is 2. The van der Waals surface area contributed by atoms with Gasteiger partial charge in [-0.15, -0.1) is 0 Å². The van der Waals surface area contributed by atoms with Crippen LogP contribution in [0, 0.1) is 20.8 Å². The molecular weight excluding hydrogens is 399 g/mol. The van der Waals surface area contributed by atoms with E-state index in [1.807, 2.05) is 0 Å². The second-order valence-corrected chi connectivity index (χ2v) is 6.89. The van der Waals surface area contributed by atoms with Crippen LogP contribution in [0.25, 0.3) is 5.69 Å². The molecule has 3 rings (SSSR count). The molecule has 3 aromatic rings. The molecule has 158 valence electrons. The largest absolute Gasteiger partial charge is 0.416 e. The van der Waals surface area contributed by atoms with Crippen molar-refractivity contribution in [2.75, 3.05) is 6.54 Å². The standard InChI is InChI=1S/C21H20F3N3O3/c1-12-7-8-18(19(28)25-10-9-17-13(2)26-30-14(17)3)20(29)27(12)16-6-4-5-15(11-16)21(22,23)24/h4-8,11H,9-10H2,1-3H3,(H,25,28). The summed E-state index contributed by atoms with van der Waals surface area (Å²) in [7, 11) is 0. The summed E-state index contributed by atoms with van der Waals surface area (Å²) in [5.41, 5.74) is 0.329. The maximum atomic E-state index is 13.0. The van der Waals surface area contributed by atoms with Crippen LogP contribution in [-0.2, 0) is 12.6 Å². The quantitative estimate of drug-likeness (QED) is 0.684. The molecular formula is C21H20F3N3O3. The van der Waals surface area contributed by atoms with Crippen molar-refractivity contribution in [3.63, 3.8) is 0 Å².